The summed E-state index contributed by atoms with van der Waals surface area (Å²) in [4.78, 5) is 0. The van der Waals surface area contributed by atoms with E-state index in [9.17, 15) is 0 Å². The number of anilines is 2. The molecule has 6 rings (SSSR count). The van der Waals surface area contributed by atoms with Crippen molar-refractivity contribution < 1.29 is 4.42 Å². The van der Waals surface area contributed by atoms with Crippen LogP contribution in [-0.2, 0) is 0 Å². The van der Waals surface area contributed by atoms with Crippen LogP contribution in [0.5, 0.6) is 0 Å². The van der Waals surface area contributed by atoms with Crippen molar-refractivity contribution in [3.63, 3.8) is 0 Å². The lowest BCUT2D eigenvalue weighted by molar-refractivity contribution is 0.669. The minimum atomic E-state index is 0.782. The zero-order valence-electron chi connectivity index (χ0n) is 17.9. The van der Waals surface area contributed by atoms with Crippen LogP contribution in [0, 0.1) is 0 Å². The van der Waals surface area contributed by atoms with Gasteiger partial charge < -0.3 is 15.9 Å². The van der Waals surface area contributed by atoms with Crippen molar-refractivity contribution in [2.24, 2.45) is 0 Å². The molecule has 162 valence electrons. The molecule has 0 spiro atoms. The molecule has 4 aromatic carbocycles. The Bertz CT molecular complexity index is 1290. The van der Waals surface area contributed by atoms with Crippen molar-refractivity contribution in [2.45, 2.75) is 0 Å². The Kier molecular flexibility index (Phi) is 6.88. The Morgan fingerprint density at radius 2 is 0.909 bits per heavy atom. The molecule has 0 saturated heterocycles. The summed E-state index contributed by atoms with van der Waals surface area (Å²) in [6, 6.07) is 33.5. The third kappa shape index (κ3) is 5.71. The van der Waals surface area contributed by atoms with E-state index in [1.165, 1.54) is 10.8 Å². The Balaban J connectivity index is 0.000000127. The van der Waals surface area contributed by atoms with E-state index in [1.54, 1.807) is 18.5 Å². The summed E-state index contributed by atoms with van der Waals surface area (Å²) in [7, 11) is 0. The van der Waals surface area contributed by atoms with Gasteiger partial charge in [-0.2, -0.15) is 0 Å². The molecule has 6 heteroatoms. The van der Waals surface area contributed by atoms with E-state index >= 15 is 0 Å². The molecule has 0 amide bonds. The average Bonchev–Trinajstić information content (AvgIpc) is 3.26. The van der Waals surface area contributed by atoms with E-state index in [-0.39, 0.29) is 0 Å². The Morgan fingerprint density at radius 1 is 0.485 bits per heavy atom. The van der Waals surface area contributed by atoms with E-state index < -0.39 is 0 Å². The predicted octanol–water partition coefficient (Wildman–Crippen LogP) is 5.98. The monoisotopic (exact) mass is 433 g/mol. The smallest absolute Gasteiger partial charge is 0.135 e. The van der Waals surface area contributed by atoms with Gasteiger partial charge in [0.2, 0.25) is 0 Å². The number of benzene rings is 4. The highest BCUT2D eigenvalue weighted by Gasteiger charge is 2.03. The normalized spacial score (nSPS) is 10.1. The van der Waals surface area contributed by atoms with Crippen molar-refractivity contribution in [1.82, 2.24) is 15.4 Å². The first kappa shape index (κ1) is 21.5. The van der Waals surface area contributed by atoms with Gasteiger partial charge in [-0.15, -0.1) is 10.2 Å². The second kappa shape index (κ2) is 10.5. The highest BCUT2D eigenvalue weighted by molar-refractivity contribution is 6.04. The van der Waals surface area contributed by atoms with Gasteiger partial charge in [-0.05, 0) is 58.8 Å². The highest BCUT2D eigenvalue weighted by Crippen LogP contribution is 2.27. The van der Waals surface area contributed by atoms with Gasteiger partial charge in [-0.3, -0.25) is 0 Å². The second-order valence-corrected chi connectivity index (χ2v) is 7.15. The first-order valence-electron chi connectivity index (χ1n) is 10.4. The van der Waals surface area contributed by atoms with Gasteiger partial charge in [-0.1, -0.05) is 60.7 Å². The predicted molar refractivity (Wildman–Crippen MR) is 134 cm³/mol. The molecule has 6 nitrogen and oxygen atoms in total. The lowest BCUT2D eigenvalue weighted by Gasteiger charge is -2.02. The van der Waals surface area contributed by atoms with Crippen molar-refractivity contribution in [2.75, 3.05) is 11.5 Å². The summed E-state index contributed by atoms with van der Waals surface area (Å²) < 4.78 is 5.65. The summed E-state index contributed by atoms with van der Waals surface area (Å²) in [5, 5.41) is 12.5. The molecule has 0 unspecified atom stereocenters. The molecule has 0 aliphatic carbocycles. The third-order valence-corrected chi connectivity index (χ3v) is 4.85. The van der Waals surface area contributed by atoms with Crippen LogP contribution in [0.15, 0.2) is 120 Å². The van der Waals surface area contributed by atoms with Crippen molar-refractivity contribution >= 4 is 33.3 Å². The minimum absolute atomic E-state index is 0.782. The third-order valence-electron chi connectivity index (χ3n) is 4.85. The Labute approximate surface area is 191 Å². The fourth-order valence-corrected chi connectivity index (χ4v) is 3.23. The van der Waals surface area contributed by atoms with E-state index in [2.05, 4.69) is 27.5 Å². The molecular weight excluding hydrogens is 410 g/mol. The number of furan rings is 1. The molecule has 2 aromatic heterocycles. The van der Waals surface area contributed by atoms with Crippen LogP contribution >= 0.6 is 0 Å². The van der Waals surface area contributed by atoms with Gasteiger partial charge in [0.15, 0.2) is 0 Å². The van der Waals surface area contributed by atoms with E-state index in [0.717, 1.165) is 33.7 Å². The van der Waals surface area contributed by atoms with Gasteiger partial charge in [-0.25, -0.2) is 0 Å². The quantitative estimate of drug-likeness (QED) is 0.309. The van der Waals surface area contributed by atoms with Gasteiger partial charge >= 0.3 is 0 Å². The van der Waals surface area contributed by atoms with Crippen molar-refractivity contribution in [3.05, 3.63) is 116 Å². The molecule has 0 atom stereocenters. The summed E-state index contributed by atoms with van der Waals surface area (Å²) in [6.07, 6.45) is 3.15. The maximum absolute atomic E-state index is 5.65. The largest absolute Gasteiger partial charge is 0.456 e. The molecule has 33 heavy (non-hydrogen) atoms. The molecule has 0 radical (unpaired) electrons. The molecule has 0 fully saturated rings. The fraction of sp³-hybridized carbons (Fsp3) is 0. The second-order valence-electron chi connectivity index (χ2n) is 7.15. The number of nitrogens with zero attached hydrogens (tertiary/aromatic N) is 3. The lowest BCUT2D eigenvalue weighted by atomic mass is 10.1. The molecule has 6 aromatic rings. The first-order valence-corrected chi connectivity index (χ1v) is 10.4. The van der Waals surface area contributed by atoms with Crippen LogP contribution < -0.4 is 11.5 Å². The molecule has 0 saturated carbocycles. The molecule has 0 aliphatic rings. The van der Waals surface area contributed by atoms with Gasteiger partial charge in [0, 0.05) is 22.1 Å². The number of hydrogen-bond acceptors (Lipinski definition) is 6. The number of para-hydroxylation sites is 2. The lowest BCUT2D eigenvalue weighted by Crippen LogP contribution is -1.85. The maximum atomic E-state index is 5.65. The van der Waals surface area contributed by atoms with Crippen LogP contribution in [0.3, 0.4) is 0 Å². The van der Waals surface area contributed by atoms with Crippen LogP contribution in [-0.4, -0.2) is 15.4 Å². The summed E-state index contributed by atoms with van der Waals surface area (Å²) in [5.74, 6) is 0. The summed E-state index contributed by atoms with van der Waals surface area (Å²) >= 11 is 0. The fourth-order valence-electron chi connectivity index (χ4n) is 3.23. The zero-order chi connectivity index (χ0) is 22.9. The van der Waals surface area contributed by atoms with Crippen LogP contribution in [0.1, 0.15) is 0 Å². The number of fused-ring (bicyclic) bond motifs is 3. The highest BCUT2D eigenvalue weighted by atomic mass is 16.3. The van der Waals surface area contributed by atoms with Gasteiger partial charge in [0.05, 0.1) is 12.4 Å². The van der Waals surface area contributed by atoms with Gasteiger partial charge in [0.25, 0.3) is 0 Å². The molecule has 2 heterocycles. The van der Waals surface area contributed by atoms with E-state index in [0.29, 0.717) is 0 Å². The van der Waals surface area contributed by atoms with E-state index in [1.807, 2.05) is 84.9 Å². The van der Waals surface area contributed by atoms with Crippen molar-refractivity contribution in [3.8, 4) is 11.1 Å². The number of nitrogen functional groups attached to an aromatic ring is 2. The number of hydrogen-bond donors (Lipinski definition) is 2. The zero-order valence-corrected chi connectivity index (χ0v) is 17.9. The first-order chi connectivity index (χ1) is 16.2. The van der Waals surface area contributed by atoms with Crippen LogP contribution in [0.25, 0.3) is 33.1 Å². The Morgan fingerprint density at radius 3 is 1.27 bits per heavy atom. The number of rotatable bonds is 1. The summed E-state index contributed by atoms with van der Waals surface area (Å²) in [5.41, 5.74) is 17.0. The molecule has 0 aliphatic heterocycles. The topological polar surface area (TPSA) is 104 Å². The SMILES string of the molecule is Nc1ccc(-c2ccc(N)cc2)cc1.c1ccc2c(c1)oc1ccccc12.c1cnnnc1. The van der Waals surface area contributed by atoms with Crippen LogP contribution in [0.4, 0.5) is 11.4 Å². The van der Waals surface area contributed by atoms with Gasteiger partial charge in [0.1, 0.15) is 11.2 Å². The van der Waals surface area contributed by atoms with Crippen LogP contribution in [0.2, 0.25) is 0 Å². The number of nitrogens with two attached hydrogens (primary N) is 2. The molecular formula is C27H23N5O. The standard InChI is InChI=1S/C12H12N2.C12H8O.C3H3N3/c13-11-5-1-9(2-6-11)10-3-7-12(14)8-4-10;1-3-7-11-9(5-1)10-6-2-4-8-12(10)13-11;1-2-4-6-5-3-1/h1-8H,13-14H2;1-8H;1-3H. The maximum Gasteiger partial charge on any atom is 0.135 e. The summed E-state index contributed by atoms with van der Waals surface area (Å²) in [6.45, 7) is 0. The minimum Gasteiger partial charge on any atom is -0.456 e. The van der Waals surface area contributed by atoms with Crippen molar-refractivity contribution in [1.29, 1.82) is 0 Å². The average molecular weight is 434 g/mol. The Hall–Kier alpha value is -4.71. The number of aromatic nitrogens is 3. The molecule has 4 N–H and O–H groups in total. The van der Waals surface area contributed by atoms with E-state index in [4.69, 9.17) is 15.9 Å². The molecule has 0 bridgehead atoms.